The largest absolute Gasteiger partial charge is 0.320 e. The molecule has 1 unspecified atom stereocenters. The summed E-state index contributed by atoms with van der Waals surface area (Å²) in [4.78, 5) is 4.14. The van der Waals surface area contributed by atoms with Gasteiger partial charge in [0.2, 0.25) is 0 Å². The Morgan fingerprint density at radius 1 is 1.16 bits per heavy atom. The molecule has 0 aliphatic heterocycles. The van der Waals surface area contributed by atoms with Crippen molar-refractivity contribution < 1.29 is 0 Å². The Kier molecular flexibility index (Phi) is 2.80. The van der Waals surface area contributed by atoms with Gasteiger partial charge in [-0.2, -0.15) is 5.10 Å². The van der Waals surface area contributed by atoms with E-state index < -0.39 is 0 Å². The third kappa shape index (κ3) is 2.00. The van der Waals surface area contributed by atoms with Crippen LogP contribution in [0.15, 0.2) is 43.0 Å². The van der Waals surface area contributed by atoms with Crippen molar-refractivity contribution in [3.63, 3.8) is 0 Å². The van der Waals surface area contributed by atoms with E-state index in [9.17, 15) is 0 Å². The van der Waals surface area contributed by atoms with E-state index in [2.05, 4.69) is 42.1 Å². The number of nitrogens with two attached hydrogens (primary N) is 1. The lowest BCUT2D eigenvalue weighted by atomic mass is 9.95. The predicted molar refractivity (Wildman–Crippen MR) is 74.9 cm³/mol. The SMILES string of the molecule is Cc1ccc(C(N)c2cnn3ccncc23)c(C)c1. The minimum absolute atomic E-state index is 0.178. The van der Waals surface area contributed by atoms with Gasteiger partial charge in [0.05, 0.1) is 24.0 Å². The van der Waals surface area contributed by atoms with Crippen molar-refractivity contribution >= 4 is 5.52 Å². The highest BCUT2D eigenvalue weighted by Crippen LogP contribution is 2.26. The summed E-state index contributed by atoms with van der Waals surface area (Å²) in [5.41, 5.74) is 11.9. The maximum Gasteiger partial charge on any atom is 0.0896 e. The van der Waals surface area contributed by atoms with Gasteiger partial charge in [0.1, 0.15) is 0 Å². The van der Waals surface area contributed by atoms with E-state index in [0.29, 0.717) is 0 Å². The summed E-state index contributed by atoms with van der Waals surface area (Å²) in [6.45, 7) is 4.17. The lowest BCUT2D eigenvalue weighted by molar-refractivity contribution is 0.868. The summed E-state index contributed by atoms with van der Waals surface area (Å²) < 4.78 is 1.80. The smallest absolute Gasteiger partial charge is 0.0896 e. The van der Waals surface area contributed by atoms with Crippen LogP contribution in [0.5, 0.6) is 0 Å². The number of nitrogens with zero attached hydrogens (tertiary/aromatic N) is 3. The molecule has 2 N–H and O–H groups in total. The minimum atomic E-state index is -0.178. The third-order valence-corrected chi connectivity index (χ3v) is 3.45. The van der Waals surface area contributed by atoms with Gasteiger partial charge in [0, 0.05) is 18.0 Å². The molecule has 0 aliphatic rings. The molecule has 4 nitrogen and oxygen atoms in total. The fourth-order valence-electron chi connectivity index (χ4n) is 2.43. The van der Waals surface area contributed by atoms with Crippen molar-refractivity contribution in [2.45, 2.75) is 19.9 Å². The molecular formula is C15H16N4. The van der Waals surface area contributed by atoms with Crippen LogP contribution in [-0.2, 0) is 0 Å². The van der Waals surface area contributed by atoms with Gasteiger partial charge in [-0.15, -0.1) is 0 Å². The topological polar surface area (TPSA) is 56.2 Å². The number of rotatable bonds is 2. The Hall–Kier alpha value is -2.20. The molecule has 4 heteroatoms. The van der Waals surface area contributed by atoms with Crippen LogP contribution in [0.1, 0.15) is 28.3 Å². The first kappa shape index (κ1) is 11.9. The summed E-state index contributed by atoms with van der Waals surface area (Å²) in [6, 6.07) is 6.16. The first-order chi connectivity index (χ1) is 9.16. The number of aromatic nitrogens is 3. The van der Waals surface area contributed by atoms with Crippen molar-refractivity contribution in [3.8, 4) is 0 Å². The number of aryl methyl sites for hydroxylation is 2. The number of hydrogen-bond donors (Lipinski definition) is 1. The Balaban J connectivity index is 2.10. The summed E-state index contributed by atoms with van der Waals surface area (Å²) in [6.07, 6.45) is 7.16. The first-order valence-electron chi connectivity index (χ1n) is 6.27. The number of fused-ring (bicyclic) bond motifs is 1. The summed E-state index contributed by atoms with van der Waals surface area (Å²) in [7, 11) is 0. The van der Waals surface area contributed by atoms with Crippen LogP contribution >= 0.6 is 0 Å². The van der Waals surface area contributed by atoms with Gasteiger partial charge in [-0.1, -0.05) is 23.8 Å². The van der Waals surface area contributed by atoms with Crippen LogP contribution in [0.4, 0.5) is 0 Å². The van der Waals surface area contributed by atoms with Crippen molar-refractivity contribution in [2.24, 2.45) is 5.73 Å². The summed E-state index contributed by atoms with van der Waals surface area (Å²) in [5, 5.41) is 4.31. The van der Waals surface area contributed by atoms with Crippen LogP contribution in [0.25, 0.3) is 5.52 Å². The monoisotopic (exact) mass is 252 g/mol. The highest BCUT2D eigenvalue weighted by atomic mass is 15.2. The highest BCUT2D eigenvalue weighted by Gasteiger charge is 2.16. The molecule has 0 saturated carbocycles. The van der Waals surface area contributed by atoms with Crippen LogP contribution in [0.3, 0.4) is 0 Å². The predicted octanol–water partition coefficient (Wildman–Crippen LogP) is 2.39. The van der Waals surface area contributed by atoms with E-state index in [4.69, 9.17) is 5.73 Å². The van der Waals surface area contributed by atoms with Crippen LogP contribution < -0.4 is 5.73 Å². The van der Waals surface area contributed by atoms with Crippen molar-refractivity contribution in [1.29, 1.82) is 0 Å². The van der Waals surface area contributed by atoms with E-state index >= 15 is 0 Å². The molecule has 1 atom stereocenters. The number of hydrogen-bond acceptors (Lipinski definition) is 3. The molecule has 3 aromatic rings. The van der Waals surface area contributed by atoms with Crippen LogP contribution in [0, 0.1) is 13.8 Å². The molecule has 0 fully saturated rings. The molecule has 19 heavy (non-hydrogen) atoms. The Morgan fingerprint density at radius 2 is 2.00 bits per heavy atom. The Bertz CT molecular complexity index is 730. The molecule has 0 spiro atoms. The van der Waals surface area contributed by atoms with Crippen LogP contribution in [-0.4, -0.2) is 14.6 Å². The zero-order valence-electron chi connectivity index (χ0n) is 11.0. The van der Waals surface area contributed by atoms with Gasteiger partial charge in [0.15, 0.2) is 0 Å². The molecule has 0 aliphatic carbocycles. The van der Waals surface area contributed by atoms with E-state index in [0.717, 1.165) is 16.6 Å². The lowest BCUT2D eigenvalue weighted by Gasteiger charge is -2.14. The zero-order valence-corrected chi connectivity index (χ0v) is 11.0. The second-order valence-electron chi connectivity index (χ2n) is 4.84. The first-order valence-corrected chi connectivity index (χ1v) is 6.27. The fraction of sp³-hybridized carbons (Fsp3) is 0.200. The van der Waals surface area contributed by atoms with E-state index in [1.54, 1.807) is 16.9 Å². The average molecular weight is 252 g/mol. The average Bonchev–Trinajstić information content (AvgIpc) is 2.82. The van der Waals surface area contributed by atoms with E-state index in [-0.39, 0.29) is 6.04 Å². The van der Waals surface area contributed by atoms with Gasteiger partial charge in [-0.05, 0) is 25.0 Å². The standard InChI is InChI=1S/C15H16N4/c1-10-3-4-12(11(2)7-10)15(16)13-8-18-19-6-5-17-9-14(13)19/h3-9,15H,16H2,1-2H3. The quantitative estimate of drug-likeness (QED) is 0.762. The van der Waals surface area contributed by atoms with Gasteiger partial charge in [-0.25, -0.2) is 4.52 Å². The molecule has 3 rings (SSSR count). The van der Waals surface area contributed by atoms with Crippen molar-refractivity contribution in [3.05, 3.63) is 65.2 Å². The van der Waals surface area contributed by atoms with Gasteiger partial charge < -0.3 is 5.73 Å². The summed E-state index contributed by atoms with van der Waals surface area (Å²) in [5.74, 6) is 0. The maximum absolute atomic E-state index is 6.40. The Labute approximate surface area is 111 Å². The van der Waals surface area contributed by atoms with E-state index in [1.165, 1.54) is 11.1 Å². The molecule has 0 saturated heterocycles. The minimum Gasteiger partial charge on any atom is -0.320 e. The summed E-state index contributed by atoms with van der Waals surface area (Å²) >= 11 is 0. The number of benzene rings is 1. The maximum atomic E-state index is 6.40. The molecule has 1 aromatic carbocycles. The molecule has 2 heterocycles. The molecule has 0 amide bonds. The van der Waals surface area contributed by atoms with Crippen LogP contribution in [0.2, 0.25) is 0 Å². The fourth-order valence-corrected chi connectivity index (χ4v) is 2.43. The molecule has 2 aromatic heterocycles. The molecular weight excluding hydrogens is 236 g/mol. The van der Waals surface area contributed by atoms with E-state index in [1.807, 2.05) is 12.4 Å². The van der Waals surface area contributed by atoms with Crippen molar-refractivity contribution in [2.75, 3.05) is 0 Å². The van der Waals surface area contributed by atoms with Crippen molar-refractivity contribution in [1.82, 2.24) is 14.6 Å². The molecule has 96 valence electrons. The second-order valence-corrected chi connectivity index (χ2v) is 4.84. The van der Waals surface area contributed by atoms with Gasteiger partial charge in [-0.3, -0.25) is 4.98 Å². The highest BCUT2D eigenvalue weighted by molar-refractivity contribution is 5.56. The normalized spacial score (nSPS) is 12.8. The van der Waals surface area contributed by atoms with Gasteiger partial charge >= 0.3 is 0 Å². The Morgan fingerprint density at radius 3 is 2.79 bits per heavy atom. The molecule has 0 radical (unpaired) electrons. The second kappa shape index (κ2) is 4.48. The lowest BCUT2D eigenvalue weighted by Crippen LogP contribution is -2.13. The van der Waals surface area contributed by atoms with Gasteiger partial charge in [0.25, 0.3) is 0 Å². The zero-order chi connectivity index (χ0) is 13.4. The third-order valence-electron chi connectivity index (χ3n) is 3.45. The molecule has 0 bridgehead atoms.